The molecule has 0 bridgehead atoms. The van der Waals surface area contributed by atoms with E-state index in [0.29, 0.717) is 5.15 Å². The fraction of sp³-hybridized carbons (Fsp3) is 0.375. The van der Waals surface area contributed by atoms with Crippen molar-refractivity contribution in [3.63, 3.8) is 0 Å². The Balaban J connectivity index is 2.53. The van der Waals surface area contributed by atoms with Crippen LogP contribution in [-0.2, 0) is 6.42 Å². The zero-order valence-electron chi connectivity index (χ0n) is 12.2. The van der Waals surface area contributed by atoms with Crippen LogP contribution in [0.15, 0.2) is 30.6 Å². The summed E-state index contributed by atoms with van der Waals surface area (Å²) >= 11 is 6.26. The standard InChI is InChI=1S/C16H20ClN3/c1-4-8-13-15(17)18-11-19-16(13)20(5-2)14-10-7-6-9-12(14)3/h6-7,9-11H,4-5,8H2,1-3H3. The maximum Gasteiger partial charge on any atom is 0.141 e. The van der Waals surface area contributed by atoms with Gasteiger partial charge in [-0.1, -0.05) is 43.1 Å². The van der Waals surface area contributed by atoms with Crippen molar-refractivity contribution in [2.75, 3.05) is 11.4 Å². The van der Waals surface area contributed by atoms with E-state index >= 15 is 0 Å². The Morgan fingerprint density at radius 1 is 1.15 bits per heavy atom. The number of nitrogens with zero attached hydrogens (tertiary/aromatic N) is 3. The Hall–Kier alpha value is -1.61. The first-order valence-corrected chi connectivity index (χ1v) is 7.39. The van der Waals surface area contributed by atoms with Gasteiger partial charge in [-0.05, 0) is 31.9 Å². The van der Waals surface area contributed by atoms with Gasteiger partial charge in [-0.25, -0.2) is 9.97 Å². The number of aryl methyl sites for hydroxylation is 1. The Bertz CT molecular complexity index is 584. The molecule has 0 N–H and O–H groups in total. The van der Waals surface area contributed by atoms with Gasteiger partial charge in [-0.2, -0.15) is 0 Å². The van der Waals surface area contributed by atoms with Gasteiger partial charge in [-0.15, -0.1) is 0 Å². The maximum atomic E-state index is 6.26. The Morgan fingerprint density at radius 3 is 2.55 bits per heavy atom. The summed E-state index contributed by atoms with van der Waals surface area (Å²) in [7, 11) is 0. The van der Waals surface area contributed by atoms with Crippen LogP contribution in [-0.4, -0.2) is 16.5 Å². The van der Waals surface area contributed by atoms with Crippen LogP contribution in [0.4, 0.5) is 11.5 Å². The largest absolute Gasteiger partial charge is 0.326 e. The summed E-state index contributed by atoms with van der Waals surface area (Å²) in [6.07, 6.45) is 3.45. The molecule has 3 nitrogen and oxygen atoms in total. The Kier molecular flexibility index (Phi) is 4.96. The highest BCUT2D eigenvalue weighted by Gasteiger charge is 2.17. The van der Waals surface area contributed by atoms with Crippen molar-refractivity contribution < 1.29 is 0 Å². The topological polar surface area (TPSA) is 29.0 Å². The van der Waals surface area contributed by atoms with Crippen molar-refractivity contribution >= 4 is 23.1 Å². The van der Waals surface area contributed by atoms with Crippen molar-refractivity contribution in [3.8, 4) is 0 Å². The highest BCUT2D eigenvalue weighted by Crippen LogP contribution is 2.31. The second-order valence-electron chi connectivity index (χ2n) is 4.75. The average molecular weight is 290 g/mol. The third-order valence-electron chi connectivity index (χ3n) is 3.35. The Labute approximate surface area is 125 Å². The fourth-order valence-corrected chi connectivity index (χ4v) is 2.60. The number of benzene rings is 1. The molecule has 0 fully saturated rings. The molecule has 0 aliphatic heterocycles. The minimum absolute atomic E-state index is 0.559. The molecule has 0 atom stereocenters. The first-order valence-electron chi connectivity index (χ1n) is 7.01. The van der Waals surface area contributed by atoms with E-state index in [2.05, 4.69) is 47.8 Å². The molecule has 0 aliphatic carbocycles. The predicted octanol–water partition coefficient (Wildman–Crippen LogP) is 4.55. The molecule has 0 amide bonds. The Morgan fingerprint density at radius 2 is 1.90 bits per heavy atom. The quantitative estimate of drug-likeness (QED) is 0.756. The SMILES string of the molecule is CCCc1c(Cl)ncnc1N(CC)c1ccccc1C. The summed E-state index contributed by atoms with van der Waals surface area (Å²) in [4.78, 5) is 10.8. The number of hydrogen-bond acceptors (Lipinski definition) is 3. The van der Waals surface area contributed by atoms with E-state index in [1.54, 1.807) is 0 Å². The van der Waals surface area contributed by atoms with E-state index in [-0.39, 0.29) is 0 Å². The van der Waals surface area contributed by atoms with Crippen LogP contribution >= 0.6 is 11.6 Å². The van der Waals surface area contributed by atoms with Gasteiger partial charge >= 0.3 is 0 Å². The lowest BCUT2D eigenvalue weighted by Gasteiger charge is -2.26. The summed E-state index contributed by atoms with van der Waals surface area (Å²) in [6, 6.07) is 8.32. The number of anilines is 2. The lowest BCUT2D eigenvalue weighted by atomic mass is 10.1. The third kappa shape index (κ3) is 2.93. The molecule has 0 saturated heterocycles. The van der Waals surface area contributed by atoms with Crippen molar-refractivity contribution in [1.82, 2.24) is 9.97 Å². The van der Waals surface area contributed by atoms with Gasteiger partial charge in [0, 0.05) is 17.8 Å². The number of aromatic nitrogens is 2. The molecule has 0 radical (unpaired) electrons. The molecule has 1 aromatic carbocycles. The number of rotatable bonds is 5. The first kappa shape index (κ1) is 14.8. The highest BCUT2D eigenvalue weighted by molar-refractivity contribution is 6.30. The monoisotopic (exact) mass is 289 g/mol. The summed E-state index contributed by atoms with van der Waals surface area (Å²) in [5, 5.41) is 0.559. The summed E-state index contributed by atoms with van der Waals surface area (Å²) in [5.41, 5.74) is 3.43. The van der Waals surface area contributed by atoms with Crippen LogP contribution in [0.5, 0.6) is 0 Å². The van der Waals surface area contributed by atoms with Crippen LogP contribution in [0, 0.1) is 6.92 Å². The minimum atomic E-state index is 0.559. The van der Waals surface area contributed by atoms with Gasteiger partial charge < -0.3 is 4.90 Å². The van der Waals surface area contributed by atoms with Gasteiger partial charge in [0.2, 0.25) is 0 Å². The summed E-state index contributed by atoms with van der Waals surface area (Å²) in [6.45, 7) is 7.21. The molecular weight excluding hydrogens is 270 g/mol. The van der Waals surface area contributed by atoms with Gasteiger partial charge in [0.15, 0.2) is 0 Å². The predicted molar refractivity (Wildman–Crippen MR) is 84.9 cm³/mol. The molecule has 0 unspecified atom stereocenters. The molecule has 2 aromatic rings. The molecule has 4 heteroatoms. The van der Waals surface area contributed by atoms with E-state index in [0.717, 1.165) is 30.8 Å². The number of para-hydroxylation sites is 1. The van der Waals surface area contributed by atoms with E-state index in [1.165, 1.54) is 17.6 Å². The van der Waals surface area contributed by atoms with Crippen molar-refractivity contribution in [2.24, 2.45) is 0 Å². The minimum Gasteiger partial charge on any atom is -0.326 e. The van der Waals surface area contributed by atoms with Crippen molar-refractivity contribution in [2.45, 2.75) is 33.6 Å². The molecule has 0 saturated carbocycles. The highest BCUT2D eigenvalue weighted by atomic mass is 35.5. The smallest absolute Gasteiger partial charge is 0.141 e. The van der Waals surface area contributed by atoms with E-state index in [9.17, 15) is 0 Å². The first-order chi connectivity index (χ1) is 9.69. The van der Waals surface area contributed by atoms with Crippen molar-refractivity contribution in [3.05, 3.63) is 46.9 Å². The van der Waals surface area contributed by atoms with E-state index < -0.39 is 0 Å². The molecule has 106 valence electrons. The number of hydrogen-bond donors (Lipinski definition) is 0. The van der Waals surface area contributed by atoms with Gasteiger partial charge in [0.1, 0.15) is 17.3 Å². The zero-order valence-corrected chi connectivity index (χ0v) is 13.0. The summed E-state index contributed by atoms with van der Waals surface area (Å²) in [5.74, 6) is 0.920. The fourth-order valence-electron chi connectivity index (χ4n) is 2.38. The molecule has 1 heterocycles. The van der Waals surface area contributed by atoms with Gasteiger partial charge in [0.05, 0.1) is 0 Å². The third-order valence-corrected chi connectivity index (χ3v) is 3.67. The lowest BCUT2D eigenvalue weighted by molar-refractivity contribution is 0.875. The van der Waals surface area contributed by atoms with Crippen molar-refractivity contribution in [1.29, 1.82) is 0 Å². The molecule has 1 aromatic heterocycles. The summed E-state index contributed by atoms with van der Waals surface area (Å²) < 4.78 is 0. The number of halogens is 1. The molecule has 0 spiro atoms. The lowest BCUT2D eigenvalue weighted by Crippen LogP contribution is -2.20. The van der Waals surface area contributed by atoms with Crippen LogP contribution in [0.1, 0.15) is 31.4 Å². The molecular formula is C16H20ClN3. The second kappa shape index (κ2) is 6.71. The van der Waals surface area contributed by atoms with E-state index in [1.807, 2.05) is 12.1 Å². The molecule has 20 heavy (non-hydrogen) atoms. The van der Waals surface area contributed by atoms with Crippen LogP contribution in [0.25, 0.3) is 0 Å². The van der Waals surface area contributed by atoms with Gasteiger partial charge in [0.25, 0.3) is 0 Å². The average Bonchev–Trinajstić information content (AvgIpc) is 2.45. The molecule has 2 rings (SSSR count). The zero-order chi connectivity index (χ0) is 14.5. The molecule has 0 aliphatic rings. The van der Waals surface area contributed by atoms with Gasteiger partial charge in [-0.3, -0.25) is 0 Å². The van der Waals surface area contributed by atoms with Crippen LogP contribution in [0.2, 0.25) is 5.15 Å². The van der Waals surface area contributed by atoms with Crippen LogP contribution < -0.4 is 4.90 Å². The second-order valence-corrected chi connectivity index (χ2v) is 5.11. The maximum absolute atomic E-state index is 6.26. The van der Waals surface area contributed by atoms with E-state index in [4.69, 9.17) is 11.6 Å². The normalized spacial score (nSPS) is 10.6. The van der Waals surface area contributed by atoms with Crippen LogP contribution in [0.3, 0.4) is 0 Å².